The zero-order valence-corrected chi connectivity index (χ0v) is 14.3. The summed E-state index contributed by atoms with van der Waals surface area (Å²) in [6, 6.07) is 15.8. The summed E-state index contributed by atoms with van der Waals surface area (Å²) in [4.78, 5) is 28.3. The lowest BCUT2D eigenvalue weighted by Crippen LogP contribution is -2.33. The number of hydrogen-bond donors (Lipinski definition) is 1. The molecular weight excluding hydrogens is 332 g/mol. The molecule has 0 aliphatic carbocycles. The fourth-order valence-corrected chi connectivity index (χ4v) is 2.38. The maximum atomic E-state index is 12.1. The summed E-state index contributed by atoms with van der Waals surface area (Å²) in [6.07, 6.45) is 1.66. The van der Waals surface area contributed by atoms with Crippen molar-refractivity contribution in [1.82, 2.24) is 20.1 Å². The fraction of sp³-hybridized carbons (Fsp3) is 0.158. The van der Waals surface area contributed by atoms with E-state index < -0.39 is 0 Å². The first-order chi connectivity index (χ1) is 12.7. The molecule has 2 heterocycles. The number of nitrogens with one attached hydrogen (secondary N) is 1. The van der Waals surface area contributed by atoms with Gasteiger partial charge in [-0.15, -0.1) is 0 Å². The SMILES string of the molecule is COc1cccc(-c2ccc(=O)n(CC(=O)NCc3ccccn3)n2)c1. The van der Waals surface area contributed by atoms with E-state index in [1.807, 2.05) is 36.4 Å². The molecule has 0 aliphatic rings. The van der Waals surface area contributed by atoms with Crippen LogP contribution in [0.15, 0.2) is 65.6 Å². The molecule has 2 aromatic heterocycles. The van der Waals surface area contributed by atoms with Crippen LogP contribution in [-0.2, 0) is 17.9 Å². The standard InChI is InChI=1S/C19H18N4O3/c1-26-16-7-4-5-14(11-16)17-8-9-19(25)23(22-17)13-18(24)21-12-15-6-2-3-10-20-15/h2-11H,12-13H2,1H3,(H,21,24). The molecular formula is C19H18N4O3. The number of amides is 1. The molecule has 1 amide bonds. The number of benzene rings is 1. The highest BCUT2D eigenvalue weighted by molar-refractivity contribution is 5.75. The third-order valence-electron chi connectivity index (χ3n) is 3.72. The molecule has 7 heteroatoms. The second kappa shape index (κ2) is 8.06. The maximum absolute atomic E-state index is 12.1. The summed E-state index contributed by atoms with van der Waals surface area (Å²) in [7, 11) is 1.58. The van der Waals surface area contributed by atoms with Crippen molar-refractivity contribution < 1.29 is 9.53 Å². The van der Waals surface area contributed by atoms with E-state index in [0.29, 0.717) is 18.0 Å². The zero-order valence-electron chi connectivity index (χ0n) is 14.3. The van der Waals surface area contributed by atoms with Crippen LogP contribution >= 0.6 is 0 Å². The minimum Gasteiger partial charge on any atom is -0.497 e. The maximum Gasteiger partial charge on any atom is 0.267 e. The van der Waals surface area contributed by atoms with Gasteiger partial charge in [-0.05, 0) is 30.3 Å². The first kappa shape index (κ1) is 17.3. The van der Waals surface area contributed by atoms with E-state index in [2.05, 4.69) is 15.4 Å². The van der Waals surface area contributed by atoms with Crippen molar-refractivity contribution in [3.63, 3.8) is 0 Å². The smallest absolute Gasteiger partial charge is 0.267 e. The van der Waals surface area contributed by atoms with E-state index in [1.54, 1.807) is 25.4 Å². The molecule has 132 valence electrons. The predicted molar refractivity (Wildman–Crippen MR) is 96.6 cm³/mol. The third-order valence-corrected chi connectivity index (χ3v) is 3.72. The Kier molecular flexibility index (Phi) is 5.38. The molecule has 1 aromatic carbocycles. The molecule has 0 unspecified atom stereocenters. The van der Waals surface area contributed by atoms with Crippen LogP contribution in [0.5, 0.6) is 5.75 Å². The Hall–Kier alpha value is -3.48. The Morgan fingerprint density at radius 2 is 2.04 bits per heavy atom. The van der Waals surface area contributed by atoms with Gasteiger partial charge in [0.25, 0.3) is 5.56 Å². The van der Waals surface area contributed by atoms with Crippen LogP contribution in [0.3, 0.4) is 0 Å². The third kappa shape index (κ3) is 4.32. The van der Waals surface area contributed by atoms with E-state index in [4.69, 9.17) is 4.74 Å². The summed E-state index contributed by atoms with van der Waals surface area (Å²) in [5.41, 5.74) is 1.78. The average Bonchev–Trinajstić information content (AvgIpc) is 2.69. The predicted octanol–water partition coefficient (Wildman–Crippen LogP) is 1.63. The molecule has 1 N–H and O–H groups in total. The molecule has 0 spiro atoms. The van der Waals surface area contributed by atoms with Crippen molar-refractivity contribution in [1.29, 1.82) is 0 Å². The Labute approximate surface area is 150 Å². The van der Waals surface area contributed by atoms with Crippen molar-refractivity contribution in [2.75, 3.05) is 7.11 Å². The summed E-state index contributed by atoms with van der Waals surface area (Å²) in [6.45, 7) is 0.132. The number of aromatic nitrogens is 3. The highest BCUT2D eigenvalue weighted by atomic mass is 16.5. The fourth-order valence-electron chi connectivity index (χ4n) is 2.38. The first-order valence-corrected chi connectivity index (χ1v) is 8.05. The lowest BCUT2D eigenvalue weighted by atomic mass is 10.1. The van der Waals surface area contributed by atoms with Crippen LogP contribution in [-0.4, -0.2) is 27.8 Å². The number of methoxy groups -OCH3 is 1. The molecule has 3 aromatic rings. The number of nitrogens with zero attached hydrogens (tertiary/aromatic N) is 3. The second-order valence-corrected chi connectivity index (χ2v) is 5.54. The Balaban J connectivity index is 1.73. The highest BCUT2D eigenvalue weighted by Crippen LogP contribution is 2.20. The van der Waals surface area contributed by atoms with Gasteiger partial charge >= 0.3 is 0 Å². The van der Waals surface area contributed by atoms with Gasteiger partial charge in [0.05, 0.1) is 25.0 Å². The number of carbonyl (C=O) groups excluding carboxylic acids is 1. The monoisotopic (exact) mass is 350 g/mol. The zero-order chi connectivity index (χ0) is 18.4. The summed E-state index contributed by atoms with van der Waals surface area (Å²) < 4.78 is 6.34. The molecule has 0 saturated carbocycles. The molecule has 3 rings (SSSR count). The first-order valence-electron chi connectivity index (χ1n) is 8.05. The van der Waals surface area contributed by atoms with E-state index in [0.717, 1.165) is 15.9 Å². The number of rotatable bonds is 6. The summed E-state index contributed by atoms with van der Waals surface area (Å²) in [5.74, 6) is 0.378. The Morgan fingerprint density at radius 1 is 1.15 bits per heavy atom. The van der Waals surface area contributed by atoms with Gasteiger partial charge in [-0.3, -0.25) is 14.6 Å². The van der Waals surface area contributed by atoms with Gasteiger partial charge in [-0.25, -0.2) is 4.68 Å². The molecule has 0 saturated heterocycles. The van der Waals surface area contributed by atoms with Crippen molar-refractivity contribution in [3.05, 3.63) is 76.8 Å². The van der Waals surface area contributed by atoms with Gasteiger partial charge in [0, 0.05) is 17.8 Å². The van der Waals surface area contributed by atoms with Crippen LogP contribution < -0.4 is 15.6 Å². The average molecular weight is 350 g/mol. The summed E-state index contributed by atoms with van der Waals surface area (Å²) >= 11 is 0. The van der Waals surface area contributed by atoms with Gasteiger partial charge in [-0.2, -0.15) is 5.10 Å². The Bertz CT molecular complexity index is 954. The van der Waals surface area contributed by atoms with Crippen LogP contribution in [0.2, 0.25) is 0 Å². The normalized spacial score (nSPS) is 10.3. The summed E-state index contributed by atoms with van der Waals surface area (Å²) in [5, 5.41) is 7.02. The van der Waals surface area contributed by atoms with Crippen molar-refractivity contribution in [2.45, 2.75) is 13.1 Å². The molecule has 0 bridgehead atoms. The van der Waals surface area contributed by atoms with Crippen LogP contribution in [0.25, 0.3) is 11.3 Å². The van der Waals surface area contributed by atoms with Crippen LogP contribution in [0, 0.1) is 0 Å². The van der Waals surface area contributed by atoms with Gasteiger partial charge in [0.15, 0.2) is 0 Å². The van der Waals surface area contributed by atoms with Gasteiger partial charge < -0.3 is 10.1 Å². The molecule has 0 atom stereocenters. The van der Waals surface area contributed by atoms with Gasteiger partial charge in [0.1, 0.15) is 12.3 Å². The van der Waals surface area contributed by atoms with E-state index in [1.165, 1.54) is 6.07 Å². The molecule has 0 radical (unpaired) electrons. The second-order valence-electron chi connectivity index (χ2n) is 5.54. The van der Waals surface area contributed by atoms with E-state index in [9.17, 15) is 9.59 Å². The molecule has 7 nitrogen and oxygen atoms in total. The van der Waals surface area contributed by atoms with Crippen LogP contribution in [0.4, 0.5) is 0 Å². The lowest BCUT2D eigenvalue weighted by Gasteiger charge is -2.09. The van der Waals surface area contributed by atoms with Crippen molar-refractivity contribution in [2.24, 2.45) is 0 Å². The number of carbonyl (C=O) groups is 1. The lowest BCUT2D eigenvalue weighted by molar-refractivity contribution is -0.122. The topological polar surface area (TPSA) is 86.1 Å². The van der Waals surface area contributed by atoms with Gasteiger partial charge in [-0.1, -0.05) is 18.2 Å². The number of hydrogen-bond acceptors (Lipinski definition) is 5. The number of ether oxygens (including phenoxy) is 1. The highest BCUT2D eigenvalue weighted by Gasteiger charge is 2.09. The van der Waals surface area contributed by atoms with E-state index in [-0.39, 0.29) is 18.0 Å². The minimum atomic E-state index is -0.343. The van der Waals surface area contributed by atoms with Crippen LogP contribution in [0.1, 0.15) is 5.69 Å². The molecule has 26 heavy (non-hydrogen) atoms. The van der Waals surface area contributed by atoms with Gasteiger partial charge in [0.2, 0.25) is 5.91 Å². The van der Waals surface area contributed by atoms with Crippen molar-refractivity contribution >= 4 is 5.91 Å². The quantitative estimate of drug-likeness (QED) is 0.730. The largest absolute Gasteiger partial charge is 0.497 e. The van der Waals surface area contributed by atoms with E-state index >= 15 is 0 Å². The van der Waals surface area contributed by atoms with Crippen molar-refractivity contribution in [3.8, 4) is 17.0 Å². The molecule has 0 aliphatic heterocycles. The Morgan fingerprint density at radius 3 is 2.81 bits per heavy atom. The minimum absolute atomic E-state index is 0.163. The molecule has 0 fully saturated rings. The number of pyridine rings is 1.